The number of hydrogen-bond donors (Lipinski definition) is 1. The van der Waals surface area contributed by atoms with Crippen LogP contribution in [-0.2, 0) is 4.74 Å². The van der Waals surface area contributed by atoms with Crippen LogP contribution in [0.5, 0.6) is 0 Å². The number of rotatable bonds is 5. The molecule has 2 aliphatic carbocycles. The SMILES string of the molecule is C1CC2CSC(=NCCOCC3CC3)NC2C1. The zero-order valence-corrected chi connectivity index (χ0v) is 11.2. The predicted molar refractivity (Wildman–Crippen MR) is 72.6 cm³/mol. The molecule has 2 unspecified atom stereocenters. The Bertz CT molecular complexity index is 291. The van der Waals surface area contributed by atoms with Crippen molar-refractivity contribution in [3.05, 3.63) is 0 Å². The van der Waals surface area contributed by atoms with Crippen LogP contribution in [0.4, 0.5) is 0 Å². The van der Waals surface area contributed by atoms with Crippen LogP contribution in [0.15, 0.2) is 4.99 Å². The number of thioether (sulfide) groups is 1. The molecule has 3 aliphatic rings. The molecular formula is C13H22N2OS. The lowest BCUT2D eigenvalue weighted by Gasteiger charge is -2.28. The Morgan fingerprint density at radius 2 is 2.24 bits per heavy atom. The fraction of sp³-hybridized carbons (Fsp3) is 0.923. The van der Waals surface area contributed by atoms with E-state index in [2.05, 4.69) is 10.3 Å². The molecule has 0 aromatic rings. The molecule has 2 saturated carbocycles. The molecule has 0 bridgehead atoms. The minimum absolute atomic E-state index is 0.711. The first kappa shape index (κ1) is 11.8. The summed E-state index contributed by atoms with van der Waals surface area (Å²) in [6.45, 7) is 2.56. The molecule has 3 nitrogen and oxygen atoms in total. The molecule has 2 atom stereocenters. The van der Waals surface area contributed by atoms with Crippen molar-refractivity contribution < 1.29 is 4.74 Å². The van der Waals surface area contributed by atoms with Crippen LogP contribution >= 0.6 is 11.8 Å². The zero-order valence-electron chi connectivity index (χ0n) is 10.4. The Morgan fingerprint density at radius 1 is 1.29 bits per heavy atom. The van der Waals surface area contributed by atoms with E-state index in [9.17, 15) is 0 Å². The summed E-state index contributed by atoms with van der Waals surface area (Å²) < 4.78 is 5.59. The molecular weight excluding hydrogens is 232 g/mol. The van der Waals surface area contributed by atoms with E-state index in [4.69, 9.17) is 4.74 Å². The minimum atomic E-state index is 0.711. The third-order valence-corrected chi connectivity index (χ3v) is 5.06. The van der Waals surface area contributed by atoms with Crippen LogP contribution < -0.4 is 5.32 Å². The van der Waals surface area contributed by atoms with Crippen molar-refractivity contribution in [2.24, 2.45) is 16.8 Å². The van der Waals surface area contributed by atoms with Gasteiger partial charge in [-0.1, -0.05) is 18.2 Å². The van der Waals surface area contributed by atoms with Gasteiger partial charge in [0.25, 0.3) is 0 Å². The van der Waals surface area contributed by atoms with Gasteiger partial charge in [-0.2, -0.15) is 0 Å². The van der Waals surface area contributed by atoms with E-state index in [1.54, 1.807) is 0 Å². The van der Waals surface area contributed by atoms with E-state index >= 15 is 0 Å². The zero-order chi connectivity index (χ0) is 11.5. The first-order valence-corrected chi connectivity index (χ1v) is 7.92. The van der Waals surface area contributed by atoms with Crippen LogP contribution in [0.3, 0.4) is 0 Å². The fourth-order valence-corrected chi connectivity index (χ4v) is 3.84. The predicted octanol–water partition coefficient (Wildman–Crippen LogP) is 2.27. The highest BCUT2D eigenvalue weighted by atomic mass is 32.2. The average Bonchev–Trinajstić information content (AvgIpc) is 3.05. The smallest absolute Gasteiger partial charge is 0.156 e. The summed E-state index contributed by atoms with van der Waals surface area (Å²) in [7, 11) is 0. The highest BCUT2D eigenvalue weighted by molar-refractivity contribution is 8.13. The third-order valence-electron chi connectivity index (χ3n) is 3.94. The van der Waals surface area contributed by atoms with Crippen molar-refractivity contribution >= 4 is 16.9 Å². The van der Waals surface area contributed by atoms with Crippen LogP contribution in [0.25, 0.3) is 0 Å². The van der Waals surface area contributed by atoms with Crippen molar-refractivity contribution in [3.8, 4) is 0 Å². The first-order valence-electron chi connectivity index (χ1n) is 6.93. The van der Waals surface area contributed by atoms with Gasteiger partial charge >= 0.3 is 0 Å². The summed E-state index contributed by atoms with van der Waals surface area (Å²) in [5.74, 6) is 3.02. The molecule has 0 radical (unpaired) electrons. The summed E-state index contributed by atoms with van der Waals surface area (Å²) in [5.41, 5.74) is 0. The van der Waals surface area contributed by atoms with Crippen LogP contribution in [0, 0.1) is 11.8 Å². The lowest BCUT2D eigenvalue weighted by atomic mass is 10.1. The maximum Gasteiger partial charge on any atom is 0.156 e. The molecule has 3 rings (SSSR count). The Hall–Kier alpha value is -0.220. The lowest BCUT2D eigenvalue weighted by molar-refractivity contribution is 0.132. The molecule has 17 heavy (non-hydrogen) atoms. The van der Waals surface area contributed by atoms with E-state index in [1.807, 2.05) is 11.8 Å². The van der Waals surface area contributed by atoms with Crippen molar-refractivity contribution in [3.63, 3.8) is 0 Å². The number of fused-ring (bicyclic) bond motifs is 1. The number of ether oxygens (including phenoxy) is 1. The van der Waals surface area contributed by atoms with Gasteiger partial charge in [0.1, 0.15) is 0 Å². The van der Waals surface area contributed by atoms with Crippen molar-refractivity contribution in [2.45, 2.75) is 38.1 Å². The molecule has 1 saturated heterocycles. The van der Waals surface area contributed by atoms with Crippen molar-refractivity contribution in [1.82, 2.24) is 5.32 Å². The molecule has 0 spiro atoms. The number of nitrogens with zero attached hydrogens (tertiary/aromatic N) is 1. The topological polar surface area (TPSA) is 33.6 Å². The Balaban J connectivity index is 1.35. The lowest BCUT2D eigenvalue weighted by Crippen LogP contribution is -2.41. The third kappa shape index (κ3) is 3.38. The van der Waals surface area contributed by atoms with Gasteiger partial charge in [-0.05, 0) is 37.5 Å². The Morgan fingerprint density at radius 3 is 3.12 bits per heavy atom. The van der Waals surface area contributed by atoms with Gasteiger partial charge in [-0.25, -0.2) is 0 Å². The van der Waals surface area contributed by atoms with Gasteiger partial charge in [-0.15, -0.1) is 0 Å². The molecule has 0 amide bonds. The van der Waals surface area contributed by atoms with E-state index in [0.29, 0.717) is 6.04 Å². The Labute approximate surface area is 108 Å². The first-order chi connectivity index (χ1) is 8.42. The van der Waals surface area contributed by atoms with Crippen LogP contribution in [-0.4, -0.2) is 36.7 Å². The van der Waals surface area contributed by atoms with Gasteiger partial charge in [0.05, 0.1) is 13.2 Å². The van der Waals surface area contributed by atoms with Crippen LogP contribution in [0.2, 0.25) is 0 Å². The van der Waals surface area contributed by atoms with Crippen LogP contribution in [0.1, 0.15) is 32.1 Å². The highest BCUT2D eigenvalue weighted by Crippen LogP contribution is 2.32. The second-order valence-electron chi connectivity index (χ2n) is 5.46. The van der Waals surface area contributed by atoms with Crippen molar-refractivity contribution in [2.75, 3.05) is 25.5 Å². The normalized spacial score (nSPS) is 34.7. The number of hydrogen-bond acceptors (Lipinski definition) is 3. The van der Waals surface area contributed by atoms with Crippen molar-refractivity contribution in [1.29, 1.82) is 0 Å². The molecule has 0 aromatic carbocycles. The molecule has 4 heteroatoms. The van der Waals surface area contributed by atoms with E-state index in [1.165, 1.54) is 37.9 Å². The highest BCUT2D eigenvalue weighted by Gasteiger charge is 2.31. The maximum atomic E-state index is 5.59. The summed E-state index contributed by atoms with van der Waals surface area (Å²) in [5, 5.41) is 4.74. The fourth-order valence-electron chi connectivity index (χ4n) is 2.65. The summed E-state index contributed by atoms with van der Waals surface area (Å²) in [6.07, 6.45) is 6.87. The van der Waals surface area contributed by atoms with Gasteiger partial charge < -0.3 is 10.1 Å². The summed E-state index contributed by atoms with van der Waals surface area (Å²) in [4.78, 5) is 4.60. The standard InChI is InChI=1S/C13H22N2OS/c1-2-11-9-17-13(15-12(11)3-1)14-6-7-16-8-10-4-5-10/h10-12H,1-9H2,(H,14,15). The molecule has 1 aliphatic heterocycles. The van der Waals surface area contributed by atoms with Gasteiger partial charge in [0.2, 0.25) is 0 Å². The van der Waals surface area contributed by atoms with Gasteiger partial charge in [0.15, 0.2) is 5.17 Å². The minimum Gasteiger partial charge on any atom is -0.379 e. The van der Waals surface area contributed by atoms with E-state index < -0.39 is 0 Å². The largest absolute Gasteiger partial charge is 0.379 e. The van der Waals surface area contributed by atoms with Gasteiger partial charge in [0, 0.05) is 18.4 Å². The number of amidine groups is 1. The summed E-state index contributed by atoms with van der Waals surface area (Å²) >= 11 is 1.90. The number of nitrogens with one attached hydrogen (secondary N) is 1. The number of aliphatic imine (C=N–C) groups is 1. The Kier molecular flexibility index (Phi) is 3.91. The maximum absolute atomic E-state index is 5.59. The second kappa shape index (κ2) is 5.61. The van der Waals surface area contributed by atoms with Gasteiger partial charge in [-0.3, -0.25) is 4.99 Å². The van der Waals surface area contributed by atoms with E-state index in [-0.39, 0.29) is 0 Å². The molecule has 1 heterocycles. The van der Waals surface area contributed by atoms with E-state index in [0.717, 1.165) is 36.8 Å². The molecule has 3 fully saturated rings. The average molecular weight is 254 g/mol. The monoisotopic (exact) mass is 254 g/mol. The molecule has 0 aromatic heterocycles. The molecule has 1 N–H and O–H groups in total. The quantitative estimate of drug-likeness (QED) is 0.764. The molecule has 96 valence electrons. The summed E-state index contributed by atoms with van der Waals surface area (Å²) in [6, 6.07) is 0.711. The second-order valence-corrected chi connectivity index (χ2v) is 6.47.